The summed E-state index contributed by atoms with van der Waals surface area (Å²) in [5.41, 5.74) is 21.3. The van der Waals surface area contributed by atoms with Gasteiger partial charge in [0, 0.05) is 89.4 Å². The first kappa shape index (κ1) is 113. The fourth-order valence-electron chi connectivity index (χ4n) is 16.5. The summed E-state index contributed by atoms with van der Waals surface area (Å²) in [6, 6.07) is 17.9. The minimum atomic E-state index is -2.07. The van der Waals surface area contributed by atoms with E-state index < -0.39 is 247 Å². The summed E-state index contributed by atoms with van der Waals surface area (Å²) < 4.78 is 5.64. The Morgan fingerprint density at radius 1 is 0.503 bits per heavy atom. The maximum Gasteiger partial charge on any atom is 0.335 e. The molecule has 0 bridgehead atoms. The van der Waals surface area contributed by atoms with Crippen molar-refractivity contribution in [1.29, 1.82) is 5.41 Å². The van der Waals surface area contributed by atoms with Crippen molar-refractivity contribution < 1.29 is 111 Å². The van der Waals surface area contributed by atoms with Crippen LogP contribution in [0.25, 0.3) is 22.3 Å². The Labute approximate surface area is 841 Å². The van der Waals surface area contributed by atoms with Gasteiger partial charge < -0.3 is 121 Å². The first-order valence-corrected chi connectivity index (χ1v) is 48.7. The molecule has 0 radical (unpaired) electrons. The van der Waals surface area contributed by atoms with E-state index in [4.69, 9.17) is 27.3 Å². The highest BCUT2D eigenvalue weighted by molar-refractivity contribution is 8.00. The van der Waals surface area contributed by atoms with E-state index in [2.05, 4.69) is 74.4 Å². The molecule has 0 spiro atoms. The zero-order valence-electron chi connectivity index (χ0n) is 81.9. The molecule has 12 atom stereocenters. The number of hydrogen-bond acceptors (Lipinski definition) is 24. The Kier molecular flexibility index (Phi) is 42.7. The number of primary amides is 2. The van der Waals surface area contributed by atoms with Gasteiger partial charge in [-0.3, -0.25) is 96.6 Å². The fourth-order valence-corrected chi connectivity index (χ4v) is 17.4. The van der Waals surface area contributed by atoms with E-state index in [1.54, 1.807) is 131 Å². The van der Waals surface area contributed by atoms with Crippen LogP contribution in [0.3, 0.4) is 0 Å². The summed E-state index contributed by atoms with van der Waals surface area (Å²) >= 11 is 0.775. The van der Waals surface area contributed by atoms with Gasteiger partial charge in [0.1, 0.15) is 78.3 Å². The molecule has 0 aromatic heterocycles. The maximum absolute atomic E-state index is 15.8. The second kappa shape index (κ2) is 54.7. The molecule has 17 amide bonds. The van der Waals surface area contributed by atoms with Gasteiger partial charge in [-0.1, -0.05) is 139 Å². The average molecular weight is 2030 g/mol. The number of nitrogens with two attached hydrogens (primary N) is 3. The van der Waals surface area contributed by atoms with Gasteiger partial charge in [0.05, 0.1) is 44.0 Å². The molecule has 0 unspecified atom stereocenters. The molecule has 778 valence electrons. The molecule has 9 rings (SSSR count). The predicted octanol–water partition coefficient (Wildman–Crippen LogP) is -0.689. The molecule has 0 aliphatic carbocycles. The molecule has 3 fully saturated rings. The minimum absolute atomic E-state index is 0.0104. The Morgan fingerprint density at radius 3 is 1.53 bits per heavy atom. The first-order valence-electron chi connectivity index (χ1n) is 47.5. The van der Waals surface area contributed by atoms with Crippen LogP contribution in [0.15, 0.2) is 146 Å². The van der Waals surface area contributed by atoms with Crippen LogP contribution in [-0.2, 0) is 112 Å². The highest BCUT2D eigenvalue weighted by Gasteiger charge is 2.44. The summed E-state index contributed by atoms with van der Waals surface area (Å²) in [6.45, 7) is 9.99. The third kappa shape index (κ3) is 35.6. The number of carbonyl (C=O) groups excluding carboxylic acids is 17. The van der Waals surface area contributed by atoms with E-state index in [0.717, 1.165) is 16.7 Å². The van der Waals surface area contributed by atoms with E-state index in [1.165, 1.54) is 79.5 Å². The van der Waals surface area contributed by atoms with Crippen molar-refractivity contribution in [2.24, 2.45) is 35.0 Å². The number of phenols is 1. The molecule has 3 heterocycles. The number of phenolic OH excluding ortho intramolecular Hbond substituents is 1. The number of anilines is 1. The highest BCUT2D eigenvalue weighted by Crippen LogP contribution is 2.28. The average Bonchev–Trinajstić information content (AvgIpc) is 1.70. The van der Waals surface area contributed by atoms with Crippen LogP contribution in [0.5, 0.6) is 5.75 Å². The Hall–Kier alpha value is -15.4. The summed E-state index contributed by atoms with van der Waals surface area (Å²) in [5, 5.41) is 75.3. The SMILES string of the molecule is CC(=O)Nc1ccc(-c2ccc(C[C@@H]3NC(=O)[C@H](Cc4ccc(-c5ccc(C(=O)O)cc5)cc4)NC(=O)[C@H](CN4CCOCC4)NC(=O)CSC[C@@H](C(=O)NCC(N)=O)NC(=O)[C@H](CC(C)C)NC(=O)[C@H](Cc4cccc(C(N)=O)c4)NC(=O)[C@H](C(C)C)NC(=O)[C@@H]4CCCN4C(=O)[C@H](C(C)C)NC(=O)[C@@H](CCCNC(=N)N)NC(=O)[C@H](CC(=O)O)NC(=O)[C@H](Cc4ccc(O)cc4)NC(=O)CN(C)C3=O)cc2)cc1. The van der Waals surface area contributed by atoms with Gasteiger partial charge in [-0.2, -0.15) is 0 Å². The third-order valence-corrected chi connectivity index (χ3v) is 25.2. The molecule has 145 heavy (non-hydrogen) atoms. The van der Waals surface area contributed by atoms with Crippen LogP contribution >= 0.6 is 11.8 Å². The lowest BCUT2D eigenvalue weighted by Gasteiger charge is -2.33. The zero-order chi connectivity index (χ0) is 106. The van der Waals surface area contributed by atoms with Crippen LogP contribution in [0.4, 0.5) is 5.69 Å². The van der Waals surface area contributed by atoms with Gasteiger partial charge in [0.2, 0.25) is 100 Å². The van der Waals surface area contributed by atoms with Crippen molar-refractivity contribution in [3.63, 3.8) is 0 Å². The van der Waals surface area contributed by atoms with E-state index in [0.29, 0.717) is 39.1 Å². The molecular formula is C100H129N21O23S. The largest absolute Gasteiger partial charge is 0.508 e. The summed E-state index contributed by atoms with van der Waals surface area (Å²) in [7, 11) is 1.20. The first-order chi connectivity index (χ1) is 68.8. The smallest absolute Gasteiger partial charge is 0.335 e. The standard InChI is InChI=1S/C100H129N21O23S/c1-54(2)42-71-89(132)116-78(87(130)106-49-80(101)124)52-145-53-82(126)109-77(50-120-38-40-144-41-39-120)94(137)112-73(45-58-16-22-62(23-17-58)64-26-28-66(29-27-64)99(142)143)92(135)115-76(46-59-18-24-63(25-19-59)65-30-32-68(33-31-65)107-57(7)122)97(140)119(8)51-81(125)108-72(44-60-20-34-69(123)35-21-60)90(133)113-75(48-83(127)128)93(136)110-70(14-10-36-105-100(103)104)88(131)118-85(56(5)6)98(141)121-37-11-15-79(121)95(138)117-84(55(3)4)96(139)114-74(91(134)111-71)47-61-12-9-13-67(43-61)86(102)129/h9,12-13,16-35,43,54-56,70-79,84-85,123H,10-11,14-15,36-42,44-53H2,1-8H3,(H2,101,124)(H2,102,129)(H,106,130)(H,107,122)(H,108,125)(H,109,126)(H,110,136)(H,111,134)(H,112,137)(H,113,133)(H,114,139)(H,115,135)(H,116,132)(H,117,138)(H,118,131)(H,127,128)(H,142,143)(H4,103,104,105)/t70-,71+,72+,73+,74+,75+,76+,77+,78+,79+,84+,85+/m1/s1. The van der Waals surface area contributed by atoms with Gasteiger partial charge in [-0.05, 0) is 143 Å². The molecule has 3 saturated heterocycles. The number of fused-ring (bicyclic) bond motifs is 1. The number of guanidine groups is 1. The number of nitrogens with one attached hydrogen (secondary N) is 15. The number of amides is 17. The number of rotatable bonds is 28. The topological polar surface area (TPSA) is 674 Å². The monoisotopic (exact) mass is 2020 g/mol. The number of ether oxygens (including phenoxy) is 1. The second-order valence-corrected chi connectivity index (χ2v) is 37.9. The molecule has 44 nitrogen and oxygen atoms in total. The number of nitrogens with zero attached hydrogens (tertiary/aromatic N) is 3. The van der Waals surface area contributed by atoms with E-state index in [-0.39, 0.29) is 125 Å². The number of aliphatic carboxylic acids is 1. The lowest BCUT2D eigenvalue weighted by atomic mass is 9.98. The number of likely N-dealkylation sites (N-methyl/N-ethyl adjacent to an activating group) is 1. The van der Waals surface area contributed by atoms with Gasteiger partial charge in [0.25, 0.3) is 0 Å². The molecule has 24 N–H and O–H groups in total. The Morgan fingerprint density at radius 2 is 0.986 bits per heavy atom. The van der Waals surface area contributed by atoms with Crippen molar-refractivity contribution in [3.8, 4) is 28.0 Å². The van der Waals surface area contributed by atoms with Gasteiger partial charge in [0.15, 0.2) is 5.96 Å². The Bertz CT molecular complexity index is 5650. The quantitative estimate of drug-likeness (QED) is 0.0164. The fraction of sp³-hybridized carbons (Fsp3) is 0.440. The number of carboxylic acid groups (broad SMARTS) is 2. The van der Waals surface area contributed by atoms with Gasteiger partial charge in [-0.25, -0.2) is 4.79 Å². The Balaban J connectivity index is 1.14. The van der Waals surface area contributed by atoms with Crippen molar-refractivity contribution in [3.05, 3.63) is 179 Å². The van der Waals surface area contributed by atoms with Crippen LogP contribution in [-0.4, -0.2) is 298 Å². The summed E-state index contributed by atoms with van der Waals surface area (Å²) in [4.78, 5) is 276. The van der Waals surface area contributed by atoms with E-state index >= 15 is 33.6 Å². The molecular weight excluding hydrogens is 1900 g/mol. The second-order valence-electron chi connectivity index (χ2n) is 36.9. The van der Waals surface area contributed by atoms with Gasteiger partial charge >= 0.3 is 11.9 Å². The summed E-state index contributed by atoms with van der Waals surface area (Å²) in [6.07, 6.45) is -2.92. The molecule has 3 aliphatic heterocycles. The van der Waals surface area contributed by atoms with Crippen molar-refractivity contribution >= 4 is 136 Å². The van der Waals surface area contributed by atoms with E-state index in [9.17, 15) is 72.9 Å². The molecule has 0 saturated carbocycles. The third-order valence-electron chi connectivity index (χ3n) is 24.2. The molecule has 3 aliphatic rings. The number of hydrogen-bond donors (Lipinski definition) is 21. The van der Waals surface area contributed by atoms with Gasteiger partial charge in [-0.15, -0.1) is 11.8 Å². The number of carboxylic acids is 2. The van der Waals surface area contributed by atoms with Crippen LogP contribution < -0.4 is 91.6 Å². The normalized spacial score (nSPS) is 22.1. The van der Waals surface area contributed by atoms with Crippen molar-refractivity contribution in [1.82, 2.24) is 83.8 Å². The number of benzene rings is 6. The van der Waals surface area contributed by atoms with E-state index in [1.807, 2.05) is 0 Å². The lowest BCUT2D eigenvalue weighted by Crippen LogP contribution is -2.62. The van der Waals surface area contributed by atoms with Crippen LogP contribution in [0, 0.1) is 23.2 Å². The maximum atomic E-state index is 15.8. The molecule has 6 aromatic carbocycles. The zero-order valence-corrected chi connectivity index (χ0v) is 82.7. The van der Waals surface area contributed by atoms with Crippen molar-refractivity contribution in [2.75, 3.05) is 82.9 Å². The van der Waals surface area contributed by atoms with Crippen LogP contribution in [0.2, 0.25) is 0 Å². The number of aromatic carboxylic acids is 1. The predicted molar refractivity (Wildman–Crippen MR) is 534 cm³/mol. The lowest BCUT2D eigenvalue weighted by molar-refractivity contribution is -0.144. The van der Waals surface area contributed by atoms with Crippen LogP contribution in [0.1, 0.15) is 130 Å². The highest BCUT2D eigenvalue weighted by atomic mass is 32.2. The number of aromatic hydroxyl groups is 1. The molecule has 6 aromatic rings. The molecule has 45 heteroatoms. The number of thioether (sulfide) groups is 1. The summed E-state index contributed by atoms with van der Waals surface area (Å²) in [5.74, 6) is -22.5. The minimum Gasteiger partial charge on any atom is -0.508 e. The van der Waals surface area contributed by atoms with Crippen molar-refractivity contribution in [2.45, 2.75) is 185 Å². The number of carbonyl (C=O) groups is 19. The number of morpholine rings is 1.